The van der Waals surface area contributed by atoms with Crippen molar-refractivity contribution in [2.24, 2.45) is 0 Å². The van der Waals surface area contributed by atoms with Crippen LogP contribution in [-0.2, 0) is 17.1 Å². The van der Waals surface area contributed by atoms with Crippen LogP contribution in [0.1, 0.15) is 17.4 Å². The van der Waals surface area contributed by atoms with Crippen molar-refractivity contribution in [1.29, 1.82) is 0 Å². The zero-order chi connectivity index (χ0) is 26.3. The summed E-state index contributed by atoms with van der Waals surface area (Å²) in [5.41, 5.74) is 0.400. The molecule has 2 aromatic carbocycles. The summed E-state index contributed by atoms with van der Waals surface area (Å²) >= 11 is 2.74. The Kier molecular flexibility index (Phi) is 10.4. The van der Waals surface area contributed by atoms with Crippen molar-refractivity contribution in [2.75, 3.05) is 12.4 Å². The van der Waals surface area contributed by atoms with Gasteiger partial charge in [-0.05, 0) is 46.9 Å². The molecule has 1 atom stereocenters. The van der Waals surface area contributed by atoms with E-state index in [2.05, 4.69) is 18.9 Å². The number of amides is 1. The smallest absolute Gasteiger partial charge is 0.358 e. The first kappa shape index (κ1) is 28.9. The molecule has 3 aromatic rings. The van der Waals surface area contributed by atoms with E-state index in [1.807, 2.05) is 0 Å². The molecule has 0 saturated heterocycles. The maximum absolute atomic E-state index is 13.9. The van der Waals surface area contributed by atoms with Crippen molar-refractivity contribution in [3.05, 3.63) is 74.5 Å². The van der Waals surface area contributed by atoms with Gasteiger partial charge >= 0.3 is 94.4 Å². The van der Waals surface area contributed by atoms with Gasteiger partial charge in [0, 0.05) is 5.56 Å². The van der Waals surface area contributed by atoms with Crippen molar-refractivity contribution in [3.8, 4) is 11.3 Å². The standard InChI is InChI=1S/C13H7ClF2INO2.C8H10AsNO5/c1-20-13(19)12-7(14)3-5-9(18-12)6-2-4-8(17)11(16)10(6)15;1-6(11)10-8-4-2-7(3-5-8)9(12,13)15-14/h2-5H,1H3;2-5,14H,1H3,(H,10,11)(H,12,13). The van der Waals surface area contributed by atoms with Crippen LogP contribution >= 0.6 is 34.2 Å². The van der Waals surface area contributed by atoms with Gasteiger partial charge < -0.3 is 4.74 Å². The van der Waals surface area contributed by atoms with E-state index in [9.17, 15) is 22.1 Å². The van der Waals surface area contributed by atoms with Gasteiger partial charge in [0.15, 0.2) is 17.3 Å². The van der Waals surface area contributed by atoms with Gasteiger partial charge in [0.2, 0.25) is 0 Å². The van der Waals surface area contributed by atoms with E-state index in [1.54, 1.807) is 22.6 Å². The number of benzene rings is 2. The largest absolute Gasteiger partial charge is 0.464 e. The summed E-state index contributed by atoms with van der Waals surface area (Å²) in [6.45, 7) is 1.35. The van der Waals surface area contributed by atoms with Crippen molar-refractivity contribution in [1.82, 2.24) is 4.98 Å². The number of pyridine rings is 1. The molecule has 9 nitrogen and oxygen atoms in total. The minimum atomic E-state index is -4.76. The fourth-order valence-electron chi connectivity index (χ4n) is 2.54. The summed E-state index contributed by atoms with van der Waals surface area (Å²) in [5.74, 6) is -2.97. The molecule has 0 spiro atoms. The summed E-state index contributed by atoms with van der Waals surface area (Å²) in [6, 6.07) is 11.1. The number of rotatable bonds is 5. The molecular weight excluding hydrogens is 668 g/mol. The average Bonchev–Trinajstić information content (AvgIpc) is 2.83. The Morgan fingerprint density at radius 2 is 1.71 bits per heavy atom. The number of carbonyl (C=O) groups excluding carboxylic acids is 2. The summed E-state index contributed by atoms with van der Waals surface area (Å²) in [4.78, 5) is 26.1. The van der Waals surface area contributed by atoms with E-state index in [0.29, 0.717) is 5.69 Å². The molecule has 14 heteroatoms. The number of halogens is 4. The molecule has 1 heterocycles. The maximum atomic E-state index is 13.9. The van der Waals surface area contributed by atoms with Crippen LogP contribution in [0.3, 0.4) is 0 Å². The Bertz CT molecular complexity index is 1300. The van der Waals surface area contributed by atoms with Crippen LogP contribution in [0.2, 0.25) is 5.02 Å². The third-order valence-electron chi connectivity index (χ3n) is 4.16. The van der Waals surface area contributed by atoms with Crippen LogP contribution < -0.4 is 9.67 Å². The molecule has 0 aliphatic heterocycles. The quantitative estimate of drug-likeness (QED) is 0.0924. The van der Waals surface area contributed by atoms with E-state index in [1.165, 1.54) is 62.6 Å². The van der Waals surface area contributed by atoms with Crippen LogP contribution in [0.15, 0.2) is 48.5 Å². The Balaban J connectivity index is 0.000000258. The molecule has 0 bridgehead atoms. The number of nitrogens with one attached hydrogen (secondary N) is 1. The molecule has 35 heavy (non-hydrogen) atoms. The number of esters is 1. The Hall–Kier alpha value is -2.35. The monoisotopic (exact) mass is 684 g/mol. The third kappa shape index (κ3) is 7.56. The minimum Gasteiger partial charge on any atom is -0.464 e. The molecule has 1 aromatic heterocycles. The van der Waals surface area contributed by atoms with Crippen molar-refractivity contribution in [2.45, 2.75) is 6.92 Å². The van der Waals surface area contributed by atoms with Gasteiger partial charge in [-0.2, -0.15) is 0 Å². The summed E-state index contributed by atoms with van der Waals surface area (Å²) in [6.07, 6.45) is 0. The molecule has 0 aliphatic rings. The topological polar surface area (TPSA) is 135 Å². The summed E-state index contributed by atoms with van der Waals surface area (Å²) in [7, 11) is 1.18. The van der Waals surface area contributed by atoms with Gasteiger partial charge in [-0.1, -0.05) is 11.6 Å². The molecule has 3 rings (SSSR count). The average molecular weight is 685 g/mol. The molecule has 0 aliphatic carbocycles. The first-order valence-electron chi connectivity index (χ1n) is 9.34. The number of carbonyl (C=O) groups is 2. The third-order valence-corrected chi connectivity index (χ3v) is 7.76. The number of anilines is 1. The molecule has 1 amide bonds. The first-order chi connectivity index (χ1) is 16.4. The normalized spacial score (nSPS) is 12.1. The van der Waals surface area contributed by atoms with E-state index in [0.717, 1.165) is 0 Å². The molecule has 1 unspecified atom stereocenters. The van der Waals surface area contributed by atoms with E-state index >= 15 is 0 Å². The van der Waals surface area contributed by atoms with Gasteiger partial charge in [0.05, 0.1) is 21.4 Å². The van der Waals surface area contributed by atoms with Crippen LogP contribution in [0, 0.1) is 15.2 Å². The fraction of sp³-hybridized carbons (Fsp3) is 0.0952. The van der Waals surface area contributed by atoms with Crippen molar-refractivity contribution < 1.29 is 40.1 Å². The van der Waals surface area contributed by atoms with Crippen LogP contribution in [0.25, 0.3) is 11.3 Å². The second-order valence-corrected chi connectivity index (χ2v) is 11.8. The van der Waals surface area contributed by atoms with Gasteiger partial charge in [-0.25, -0.2) is 18.6 Å². The molecule has 0 radical (unpaired) electrons. The summed E-state index contributed by atoms with van der Waals surface area (Å²) in [5, 5.41) is 10.8. The molecular formula is C21H17AsClF2IN2O7. The molecule has 0 fully saturated rings. The second kappa shape index (κ2) is 12.6. The van der Waals surface area contributed by atoms with Gasteiger partial charge in [0.1, 0.15) is 0 Å². The number of hydrogen-bond acceptors (Lipinski definition) is 7. The number of ether oxygens (including phenoxy) is 1. The first-order valence-corrected chi connectivity index (χ1v) is 14.1. The van der Waals surface area contributed by atoms with Crippen molar-refractivity contribution in [3.63, 3.8) is 0 Å². The van der Waals surface area contributed by atoms with E-state index < -0.39 is 31.8 Å². The summed E-state index contributed by atoms with van der Waals surface area (Å²) < 4.78 is 56.0. The number of nitrogens with zero attached hydrogens (tertiary/aromatic N) is 1. The molecule has 0 saturated carbocycles. The maximum Gasteiger partial charge on any atom is 0.358 e. The van der Waals surface area contributed by atoms with Crippen LogP contribution in [0.4, 0.5) is 14.5 Å². The number of methoxy groups -OCH3 is 1. The van der Waals surface area contributed by atoms with E-state index in [-0.39, 0.29) is 35.8 Å². The zero-order valence-electron chi connectivity index (χ0n) is 18.0. The van der Waals surface area contributed by atoms with Gasteiger partial charge in [0.25, 0.3) is 0 Å². The number of hydrogen-bond donors (Lipinski definition) is 3. The SMILES string of the molecule is CC(=O)Nc1ccc([As](=O)(O)OO)cc1.COC(=O)c1nc(-c2ccc(I)c(F)c2F)ccc1Cl. The van der Waals surface area contributed by atoms with Crippen LogP contribution in [-0.4, -0.2) is 47.5 Å². The predicted molar refractivity (Wildman–Crippen MR) is 131 cm³/mol. The Labute approximate surface area is 219 Å². The Morgan fingerprint density at radius 1 is 1.09 bits per heavy atom. The minimum absolute atomic E-state index is 0.00438. The molecule has 3 N–H and O–H groups in total. The number of aromatic nitrogens is 1. The van der Waals surface area contributed by atoms with E-state index in [4.69, 9.17) is 21.0 Å². The zero-order valence-corrected chi connectivity index (χ0v) is 22.8. The second-order valence-electron chi connectivity index (χ2n) is 6.57. The van der Waals surface area contributed by atoms with Gasteiger partial charge in [-0.15, -0.1) is 0 Å². The molecule has 186 valence electrons. The predicted octanol–water partition coefficient (Wildman–Crippen LogP) is 3.77. The fourth-order valence-corrected chi connectivity index (χ4v) is 4.44. The van der Waals surface area contributed by atoms with Crippen molar-refractivity contribution >= 4 is 70.3 Å². The van der Waals surface area contributed by atoms with Gasteiger partial charge in [-0.3, -0.25) is 0 Å². The van der Waals surface area contributed by atoms with Crippen LogP contribution in [0.5, 0.6) is 0 Å². The Morgan fingerprint density at radius 3 is 2.26 bits per heavy atom.